The van der Waals surface area contributed by atoms with Crippen molar-refractivity contribution in [1.29, 1.82) is 0 Å². The van der Waals surface area contributed by atoms with Crippen LogP contribution in [0.4, 0.5) is 5.69 Å². The number of aryl methyl sites for hydroxylation is 1. The molecule has 2 saturated heterocycles. The minimum atomic E-state index is -1.55. The second-order valence-corrected chi connectivity index (χ2v) is 9.17. The van der Waals surface area contributed by atoms with Gasteiger partial charge in [-0.3, -0.25) is 4.79 Å². The predicted octanol–water partition coefficient (Wildman–Crippen LogP) is 3.13. The zero-order valence-electron chi connectivity index (χ0n) is 16.4. The first-order valence-electron chi connectivity index (χ1n) is 9.30. The Hall–Kier alpha value is -1.88. The quantitative estimate of drug-likeness (QED) is 0.571. The summed E-state index contributed by atoms with van der Waals surface area (Å²) in [5.74, 6) is -0.737. The maximum Gasteiger partial charge on any atom is 0.349 e. The van der Waals surface area contributed by atoms with Gasteiger partial charge in [-0.1, -0.05) is 17.7 Å². The van der Waals surface area contributed by atoms with Gasteiger partial charge in [-0.25, -0.2) is 4.79 Å². The zero-order valence-corrected chi connectivity index (χ0v) is 16.4. The van der Waals surface area contributed by atoms with E-state index in [1.54, 1.807) is 0 Å². The molecule has 0 aliphatic carbocycles. The van der Waals surface area contributed by atoms with Gasteiger partial charge in [0.25, 0.3) is 0 Å². The van der Waals surface area contributed by atoms with Gasteiger partial charge in [0.2, 0.25) is 5.60 Å². The SMILES string of the molecule is Cc1ccc2c(c1)C1C(N2C)C2(C(=O)OC(C)(C)C)OC1(C)CCC2=O. The second-order valence-electron chi connectivity index (χ2n) is 9.17. The number of fused-ring (bicyclic) bond motifs is 7. The monoisotopic (exact) mass is 357 g/mol. The molecular formula is C21H27NO4. The summed E-state index contributed by atoms with van der Waals surface area (Å²) in [5, 5.41) is 0. The summed E-state index contributed by atoms with van der Waals surface area (Å²) in [6.07, 6.45) is 0.969. The smallest absolute Gasteiger partial charge is 0.349 e. The average molecular weight is 357 g/mol. The fourth-order valence-electron chi connectivity index (χ4n) is 5.06. The van der Waals surface area contributed by atoms with Gasteiger partial charge in [-0.2, -0.15) is 0 Å². The molecule has 4 atom stereocenters. The Morgan fingerprint density at radius 2 is 2.04 bits per heavy atom. The largest absolute Gasteiger partial charge is 0.457 e. The van der Waals surface area contributed by atoms with E-state index < -0.39 is 22.8 Å². The standard InChI is InChI=1S/C21H27NO4/c1-12-7-8-14-13(11-12)16-17(22(14)6)21(18(24)25-19(2,3)4)15(23)9-10-20(16,5)26-21/h7-8,11,16-17H,9-10H2,1-6H3. The summed E-state index contributed by atoms with van der Waals surface area (Å²) < 4.78 is 12.0. The Morgan fingerprint density at radius 3 is 2.69 bits per heavy atom. The lowest BCUT2D eigenvalue weighted by Gasteiger charge is -2.40. The lowest BCUT2D eigenvalue weighted by molar-refractivity contribution is -0.199. The number of ether oxygens (including phenoxy) is 2. The van der Waals surface area contributed by atoms with Gasteiger partial charge in [-0.05, 0) is 52.7 Å². The molecule has 0 N–H and O–H groups in total. The third kappa shape index (κ3) is 2.13. The molecule has 140 valence electrons. The summed E-state index contributed by atoms with van der Waals surface area (Å²) in [7, 11) is 1.95. The fraction of sp³-hybridized carbons (Fsp3) is 0.619. The molecule has 26 heavy (non-hydrogen) atoms. The fourth-order valence-corrected chi connectivity index (χ4v) is 5.06. The number of hydrogen-bond donors (Lipinski definition) is 0. The molecule has 3 heterocycles. The molecular weight excluding hydrogens is 330 g/mol. The van der Waals surface area contributed by atoms with E-state index >= 15 is 0 Å². The molecule has 5 heteroatoms. The Bertz CT molecular complexity index is 811. The number of carbonyl (C=O) groups is 2. The predicted molar refractivity (Wildman–Crippen MR) is 98.4 cm³/mol. The first kappa shape index (κ1) is 17.5. The van der Waals surface area contributed by atoms with Crippen LogP contribution >= 0.6 is 0 Å². The Morgan fingerprint density at radius 1 is 1.35 bits per heavy atom. The zero-order chi connectivity index (χ0) is 19.1. The number of anilines is 1. The number of Topliss-reactive ketones (excluding diaryl/α,β-unsaturated/α-hetero) is 1. The van der Waals surface area contributed by atoms with Crippen LogP contribution in [0, 0.1) is 6.92 Å². The van der Waals surface area contributed by atoms with Crippen molar-refractivity contribution in [3.63, 3.8) is 0 Å². The van der Waals surface area contributed by atoms with E-state index in [0.717, 1.165) is 5.69 Å². The molecule has 0 aromatic heterocycles. The van der Waals surface area contributed by atoms with Crippen molar-refractivity contribution in [2.75, 3.05) is 11.9 Å². The van der Waals surface area contributed by atoms with E-state index in [4.69, 9.17) is 9.47 Å². The maximum atomic E-state index is 13.3. The van der Waals surface area contributed by atoms with Crippen LogP contribution in [0.2, 0.25) is 0 Å². The molecule has 1 aromatic rings. The molecule has 0 spiro atoms. The van der Waals surface area contributed by atoms with Crippen LogP contribution < -0.4 is 4.90 Å². The Labute approximate surface area is 154 Å². The van der Waals surface area contributed by atoms with Crippen LogP contribution in [0.5, 0.6) is 0 Å². The molecule has 3 aliphatic heterocycles. The number of ketones is 1. The number of hydrogen-bond acceptors (Lipinski definition) is 5. The van der Waals surface area contributed by atoms with Crippen molar-refractivity contribution in [3.05, 3.63) is 29.3 Å². The van der Waals surface area contributed by atoms with Gasteiger partial charge in [0.15, 0.2) is 5.78 Å². The van der Waals surface area contributed by atoms with Crippen LogP contribution in [0.3, 0.4) is 0 Å². The van der Waals surface area contributed by atoms with Crippen molar-refractivity contribution in [3.8, 4) is 0 Å². The van der Waals surface area contributed by atoms with Gasteiger partial charge >= 0.3 is 5.97 Å². The Balaban J connectivity index is 1.89. The lowest BCUT2D eigenvalue weighted by Crippen LogP contribution is -2.62. The van der Waals surface area contributed by atoms with Crippen molar-refractivity contribution < 1.29 is 19.1 Å². The van der Waals surface area contributed by atoms with Gasteiger partial charge in [0, 0.05) is 25.1 Å². The summed E-state index contributed by atoms with van der Waals surface area (Å²) in [4.78, 5) is 28.4. The number of esters is 1. The number of likely N-dealkylation sites (N-methyl/N-ethyl adjacent to an activating group) is 1. The van der Waals surface area contributed by atoms with E-state index in [1.807, 2.05) is 34.7 Å². The number of rotatable bonds is 1. The summed E-state index contributed by atoms with van der Waals surface area (Å²) in [6, 6.07) is 5.94. The Kier molecular flexibility index (Phi) is 3.44. The van der Waals surface area contributed by atoms with E-state index in [9.17, 15) is 9.59 Å². The number of nitrogens with zero attached hydrogens (tertiary/aromatic N) is 1. The molecule has 0 amide bonds. The van der Waals surface area contributed by atoms with Crippen molar-refractivity contribution in [1.82, 2.24) is 0 Å². The van der Waals surface area contributed by atoms with Crippen molar-refractivity contribution in [2.24, 2.45) is 0 Å². The van der Waals surface area contributed by atoms with Crippen molar-refractivity contribution in [2.45, 2.75) is 76.2 Å². The normalized spacial score (nSPS) is 35.3. The highest BCUT2D eigenvalue weighted by molar-refractivity contribution is 6.11. The van der Waals surface area contributed by atoms with E-state index in [0.29, 0.717) is 12.8 Å². The summed E-state index contributed by atoms with van der Waals surface area (Å²) >= 11 is 0. The highest BCUT2D eigenvalue weighted by Crippen LogP contribution is 2.61. The van der Waals surface area contributed by atoms with E-state index in [2.05, 4.69) is 30.0 Å². The molecule has 1 aromatic carbocycles. The maximum absolute atomic E-state index is 13.3. The van der Waals surface area contributed by atoms with E-state index in [1.165, 1.54) is 11.1 Å². The summed E-state index contributed by atoms with van der Waals surface area (Å²) in [5.41, 5.74) is 0.626. The van der Waals surface area contributed by atoms with Gasteiger partial charge in [0.05, 0.1) is 11.6 Å². The first-order valence-corrected chi connectivity index (χ1v) is 9.30. The topological polar surface area (TPSA) is 55.8 Å². The molecule has 0 saturated carbocycles. The van der Waals surface area contributed by atoms with Gasteiger partial charge in [0.1, 0.15) is 5.60 Å². The molecule has 4 rings (SSSR count). The summed E-state index contributed by atoms with van der Waals surface area (Å²) in [6.45, 7) is 9.55. The molecule has 2 fully saturated rings. The van der Waals surface area contributed by atoms with Crippen LogP contribution in [0.15, 0.2) is 18.2 Å². The minimum absolute atomic E-state index is 0.0265. The molecule has 3 aliphatic rings. The van der Waals surface area contributed by atoms with Crippen LogP contribution in [0.25, 0.3) is 0 Å². The third-order valence-electron chi connectivity index (χ3n) is 6.06. The third-order valence-corrected chi connectivity index (χ3v) is 6.06. The van der Waals surface area contributed by atoms with Crippen LogP contribution in [-0.4, -0.2) is 41.6 Å². The molecule has 2 bridgehead atoms. The van der Waals surface area contributed by atoms with E-state index in [-0.39, 0.29) is 17.7 Å². The second kappa shape index (κ2) is 5.10. The van der Waals surface area contributed by atoms with Crippen LogP contribution in [-0.2, 0) is 19.1 Å². The van der Waals surface area contributed by atoms with Crippen LogP contribution in [0.1, 0.15) is 57.6 Å². The minimum Gasteiger partial charge on any atom is -0.457 e. The highest BCUT2D eigenvalue weighted by atomic mass is 16.6. The van der Waals surface area contributed by atoms with Gasteiger partial charge < -0.3 is 14.4 Å². The lowest BCUT2D eigenvalue weighted by atomic mass is 9.79. The van der Waals surface area contributed by atoms with Gasteiger partial charge in [-0.15, -0.1) is 0 Å². The number of benzene rings is 1. The first-order chi connectivity index (χ1) is 12.0. The average Bonchev–Trinajstić information content (AvgIpc) is 2.94. The molecule has 4 unspecified atom stereocenters. The molecule has 5 nitrogen and oxygen atoms in total. The molecule has 0 radical (unpaired) electrons. The number of carbonyl (C=O) groups excluding carboxylic acids is 2. The van der Waals surface area contributed by atoms with Crippen molar-refractivity contribution >= 4 is 17.4 Å². The highest BCUT2D eigenvalue weighted by Gasteiger charge is 2.74.